The SMILES string of the molecule is CCCC(N)CC(=O)NCc1ccccc1Br. The highest BCUT2D eigenvalue weighted by molar-refractivity contribution is 9.10. The molecule has 1 aromatic rings. The lowest BCUT2D eigenvalue weighted by atomic mass is 10.1. The van der Waals surface area contributed by atoms with Gasteiger partial charge in [-0.25, -0.2) is 0 Å². The van der Waals surface area contributed by atoms with Gasteiger partial charge in [0.05, 0.1) is 0 Å². The number of amides is 1. The summed E-state index contributed by atoms with van der Waals surface area (Å²) in [6.07, 6.45) is 2.30. The van der Waals surface area contributed by atoms with Gasteiger partial charge in [-0.3, -0.25) is 4.79 Å². The average Bonchev–Trinajstić information content (AvgIpc) is 2.28. The molecule has 0 aliphatic heterocycles. The van der Waals surface area contributed by atoms with Crippen LogP contribution in [-0.4, -0.2) is 11.9 Å². The molecule has 1 atom stereocenters. The van der Waals surface area contributed by atoms with E-state index in [4.69, 9.17) is 5.73 Å². The highest BCUT2D eigenvalue weighted by Crippen LogP contribution is 2.15. The van der Waals surface area contributed by atoms with Gasteiger partial charge in [-0.05, 0) is 18.1 Å². The smallest absolute Gasteiger partial charge is 0.221 e. The number of nitrogens with two attached hydrogens (primary N) is 1. The van der Waals surface area contributed by atoms with Crippen LogP contribution in [0.3, 0.4) is 0 Å². The molecule has 1 aromatic carbocycles. The number of rotatable bonds is 6. The first-order valence-corrected chi connectivity index (χ1v) is 6.68. The monoisotopic (exact) mass is 298 g/mol. The minimum Gasteiger partial charge on any atom is -0.352 e. The molecule has 0 aromatic heterocycles. The zero-order chi connectivity index (χ0) is 12.7. The summed E-state index contributed by atoms with van der Waals surface area (Å²) in [7, 11) is 0. The summed E-state index contributed by atoms with van der Waals surface area (Å²) < 4.78 is 1.01. The van der Waals surface area contributed by atoms with E-state index < -0.39 is 0 Å². The van der Waals surface area contributed by atoms with Crippen molar-refractivity contribution in [3.05, 3.63) is 34.3 Å². The number of carbonyl (C=O) groups is 1. The van der Waals surface area contributed by atoms with Crippen LogP contribution in [0.5, 0.6) is 0 Å². The molecule has 3 N–H and O–H groups in total. The van der Waals surface area contributed by atoms with Crippen molar-refractivity contribution in [1.29, 1.82) is 0 Å². The molecular weight excluding hydrogens is 280 g/mol. The molecule has 0 aliphatic carbocycles. The number of benzene rings is 1. The molecule has 0 radical (unpaired) electrons. The number of hydrogen-bond acceptors (Lipinski definition) is 2. The Morgan fingerprint density at radius 2 is 2.18 bits per heavy atom. The molecular formula is C13H19BrN2O. The van der Waals surface area contributed by atoms with E-state index in [1.807, 2.05) is 24.3 Å². The van der Waals surface area contributed by atoms with Gasteiger partial charge < -0.3 is 11.1 Å². The van der Waals surface area contributed by atoms with Gasteiger partial charge in [-0.2, -0.15) is 0 Å². The normalized spacial score (nSPS) is 12.2. The number of halogens is 1. The maximum Gasteiger partial charge on any atom is 0.221 e. The second-order valence-electron chi connectivity index (χ2n) is 4.12. The van der Waals surface area contributed by atoms with Crippen molar-refractivity contribution in [3.8, 4) is 0 Å². The molecule has 0 spiro atoms. The number of hydrogen-bond donors (Lipinski definition) is 2. The van der Waals surface area contributed by atoms with Crippen LogP contribution in [-0.2, 0) is 11.3 Å². The quantitative estimate of drug-likeness (QED) is 0.848. The standard InChI is InChI=1S/C13H19BrN2O/c1-2-5-11(15)8-13(17)16-9-10-6-3-4-7-12(10)14/h3-4,6-7,11H,2,5,8-9,15H2,1H3,(H,16,17). The van der Waals surface area contributed by atoms with Crippen molar-refractivity contribution in [2.75, 3.05) is 0 Å². The third-order valence-electron chi connectivity index (χ3n) is 2.54. The van der Waals surface area contributed by atoms with E-state index in [1.165, 1.54) is 0 Å². The Morgan fingerprint density at radius 1 is 1.47 bits per heavy atom. The van der Waals surface area contributed by atoms with Crippen LogP contribution in [0.4, 0.5) is 0 Å². The fraction of sp³-hybridized carbons (Fsp3) is 0.462. The summed E-state index contributed by atoms with van der Waals surface area (Å²) in [6.45, 7) is 2.61. The molecule has 1 unspecified atom stereocenters. The molecule has 17 heavy (non-hydrogen) atoms. The average molecular weight is 299 g/mol. The van der Waals surface area contributed by atoms with E-state index >= 15 is 0 Å². The first-order chi connectivity index (χ1) is 8.13. The van der Waals surface area contributed by atoms with Crippen LogP contribution < -0.4 is 11.1 Å². The largest absolute Gasteiger partial charge is 0.352 e. The van der Waals surface area contributed by atoms with E-state index in [-0.39, 0.29) is 11.9 Å². The Morgan fingerprint density at radius 3 is 2.82 bits per heavy atom. The first-order valence-electron chi connectivity index (χ1n) is 5.89. The van der Waals surface area contributed by atoms with E-state index in [2.05, 4.69) is 28.2 Å². The summed E-state index contributed by atoms with van der Waals surface area (Å²) in [5.41, 5.74) is 6.89. The van der Waals surface area contributed by atoms with Gasteiger partial charge in [0, 0.05) is 23.5 Å². The van der Waals surface area contributed by atoms with Gasteiger partial charge in [0.1, 0.15) is 0 Å². The van der Waals surface area contributed by atoms with E-state index in [0.29, 0.717) is 13.0 Å². The lowest BCUT2D eigenvalue weighted by Gasteiger charge is -2.11. The molecule has 0 bridgehead atoms. The molecule has 0 aliphatic rings. The predicted octanol–water partition coefficient (Wildman–Crippen LogP) is 2.58. The topological polar surface area (TPSA) is 55.1 Å². The molecule has 0 saturated carbocycles. The van der Waals surface area contributed by atoms with Crippen LogP contribution >= 0.6 is 15.9 Å². The summed E-state index contributed by atoms with van der Waals surface area (Å²) in [5.74, 6) is 0.0155. The molecule has 1 rings (SSSR count). The van der Waals surface area contributed by atoms with Crippen LogP contribution in [0.2, 0.25) is 0 Å². The predicted molar refractivity (Wildman–Crippen MR) is 73.5 cm³/mol. The number of carbonyl (C=O) groups excluding carboxylic acids is 1. The summed E-state index contributed by atoms with van der Waals surface area (Å²) in [5, 5.41) is 2.88. The molecule has 3 nitrogen and oxygen atoms in total. The minimum absolute atomic E-state index is 0.0155. The minimum atomic E-state index is -0.0285. The first kappa shape index (κ1) is 14.2. The van der Waals surface area contributed by atoms with Crippen molar-refractivity contribution >= 4 is 21.8 Å². The lowest BCUT2D eigenvalue weighted by molar-refractivity contribution is -0.121. The van der Waals surface area contributed by atoms with Gasteiger partial charge in [-0.15, -0.1) is 0 Å². The van der Waals surface area contributed by atoms with Crippen LogP contribution in [0.15, 0.2) is 28.7 Å². The van der Waals surface area contributed by atoms with Crippen molar-refractivity contribution in [1.82, 2.24) is 5.32 Å². The molecule has 0 heterocycles. The van der Waals surface area contributed by atoms with E-state index in [1.54, 1.807) is 0 Å². The van der Waals surface area contributed by atoms with Crippen molar-refractivity contribution in [2.24, 2.45) is 5.73 Å². The Hall–Kier alpha value is -0.870. The molecule has 0 fully saturated rings. The molecule has 4 heteroatoms. The van der Waals surface area contributed by atoms with E-state index in [0.717, 1.165) is 22.9 Å². The van der Waals surface area contributed by atoms with Gasteiger partial charge >= 0.3 is 0 Å². The maximum atomic E-state index is 11.6. The zero-order valence-corrected chi connectivity index (χ0v) is 11.7. The second-order valence-corrected chi connectivity index (χ2v) is 4.98. The fourth-order valence-corrected chi connectivity index (χ4v) is 2.04. The van der Waals surface area contributed by atoms with Crippen molar-refractivity contribution < 1.29 is 4.79 Å². The third-order valence-corrected chi connectivity index (χ3v) is 3.31. The Balaban J connectivity index is 2.36. The van der Waals surface area contributed by atoms with Crippen LogP contribution in [0.25, 0.3) is 0 Å². The fourth-order valence-electron chi connectivity index (χ4n) is 1.62. The van der Waals surface area contributed by atoms with Crippen molar-refractivity contribution in [2.45, 2.75) is 38.8 Å². The van der Waals surface area contributed by atoms with Crippen LogP contribution in [0, 0.1) is 0 Å². The third kappa shape index (κ3) is 5.33. The van der Waals surface area contributed by atoms with Gasteiger partial charge in [0.15, 0.2) is 0 Å². The maximum absolute atomic E-state index is 11.6. The summed E-state index contributed by atoms with van der Waals surface area (Å²) >= 11 is 3.45. The highest BCUT2D eigenvalue weighted by atomic mass is 79.9. The van der Waals surface area contributed by atoms with E-state index in [9.17, 15) is 4.79 Å². The second kappa shape index (κ2) is 7.45. The highest BCUT2D eigenvalue weighted by Gasteiger charge is 2.08. The number of nitrogens with one attached hydrogen (secondary N) is 1. The lowest BCUT2D eigenvalue weighted by Crippen LogP contribution is -2.31. The summed E-state index contributed by atoms with van der Waals surface area (Å²) in [6, 6.07) is 7.82. The van der Waals surface area contributed by atoms with Gasteiger partial charge in [0.2, 0.25) is 5.91 Å². The molecule has 0 saturated heterocycles. The Bertz CT molecular complexity index is 368. The zero-order valence-electron chi connectivity index (χ0n) is 10.1. The summed E-state index contributed by atoms with van der Waals surface area (Å²) in [4.78, 5) is 11.6. The van der Waals surface area contributed by atoms with Gasteiger partial charge in [0.25, 0.3) is 0 Å². The molecule has 94 valence electrons. The van der Waals surface area contributed by atoms with Crippen LogP contribution in [0.1, 0.15) is 31.7 Å². The Kier molecular flexibility index (Phi) is 6.22. The Labute approximate surface area is 111 Å². The van der Waals surface area contributed by atoms with Gasteiger partial charge in [-0.1, -0.05) is 47.5 Å². The molecule has 1 amide bonds. The van der Waals surface area contributed by atoms with Crippen molar-refractivity contribution in [3.63, 3.8) is 0 Å².